The summed E-state index contributed by atoms with van der Waals surface area (Å²) in [4.78, 5) is 13.9. The van der Waals surface area contributed by atoms with Crippen LogP contribution >= 0.6 is 11.6 Å². The molecule has 0 radical (unpaired) electrons. The molecule has 0 atom stereocenters. The molecule has 3 nitrogen and oxygen atoms in total. The SMILES string of the molecule is COC(=O)c1cc(C(F)F)c(Cl)nc1F. The zero-order chi connectivity index (χ0) is 11.6. The number of rotatable bonds is 2. The first kappa shape index (κ1) is 11.8. The van der Waals surface area contributed by atoms with Crippen LogP contribution in [0.3, 0.4) is 0 Å². The van der Waals surface area contributed by atoms with Gasteiger partial charge in [0.15, 0.2) is 0 Å². The number of pyridine rings is 1. The monoisotopic (exact) mass is 239 g/mol. The lowest BCUT2D eigenvalue weighted by Crippen LogP contribution is -2.08. The van der Waals surface area contributed by atoms with E-state index < -0.39 is 34.6 Å². The molecule has 0 fully saturated rings. The molecule has 0 bridgehead atoms. The first-order valence-electron chi connectivity index (χ1n) is 3.69. The van der Waals surface area contributed by atoms with Crippen LogP contribution < -0.4 is 0 Å². The maximum absolute atomic E-state index is 13.0. The summed E-state index contributed by atoms with van der Waals surface area (Å²) in [7, 11) is 0.998. The Balaban J connectivity index is 3.29. The van der Waals surface area contributed by atoms with Gasteiger partial charge in [-0.05, 0) is 6.07 Å². The van der Waals surface area contributed by atoms with Gasteiger partial charge >= 0.3 is 5.97 Å². The fraction of sp³-hybridized carbons (Fsp3) is 0.250. The lowest BCUT2D eigenvalue weighted by atomic mass is 10.2. The first-order chi connectivity index (χ1) is 6.97. The van der Waals surface area contributed by atoms with Crippen LogP contribution in [0, 0.1) is 5.95 Å². The van der Waals surface area contributed by atoms with E-state index in [1.807, 2.05) is 0 Å². The largest absolute Gasteiger partial charge is 0.465 e. The Kier molecular flexibility index (Phi) is 3.52. The molecular formula is C8H5ClF3NO2. The van der Waals surface area contributed by atoms with Crippen molar-refractivity contribution in [2.75, 3.05) is 7.11 Å². The van der Waals surface area contributed by atoms with E-state index in [1.165, 1.54) is 0 Å². The molecule has 0 aliphatic carbocycles. The van der Waals surface area contributed by atoms with E-state index in [4.69, 9.17) is 11.6 Å². The molecule has 0 aromatic carbocycles. The maximum Gasteiger partial charge on any atom is 0.342 e. The van der Waals surface area contributed by atoms with Gasteiger partial charge in [0.05, 0.1) is 12.7 Å². The van der Waals surface area contributed by atoms with E-state index in [-0.39, 0.29) is 0 Å². The highest BCUT2D eigenvalue weighted by molar-refractivity contribution is 6.30. The summed E-state index contributed by atoms with van der Waals surface area (Å²) >= 11 is 5.26. The van der Waals surface area contributed by atoms with Crippen molar-refractivity contribution in [2.45, 2.75) is 6.43 Å². The van der Waals surface area contributed by atoms with Gasteiger partial charge in [-0.1, -0.05) is 11.6 Å². The molecule has 0 aliphatic rings. The van der Waals surface area contributed by atoms with E-state index in [0.717, 1.165) is 7.11 Å². The number of alkyl halides is 2. The summed E-state index contributed by atoms with van der Waals surface area (Å²) in [6.07, 6.45) is -2.94. The molecule has 1 aromatic rings. The molecular weight excluding hydrogens is 235 g/mol. The van der Waals surface area contributed by atoms with Gasteiger partial charge in [-0.15, -0.1) is 0 Å². The molecule has 1 heterocycles. The van der Waals surface area contributed by atoms with Gasteiger partial charge in [-0.25, -0.2) is 18.6 Å². The summed E-state index contributed by atoms with van der Waals surface area (Å²) in [5.41, 5.74) is -1.38. The molecule has 0 aliphatic heterocycles. The number of halogens is 4. The Morgan fingerprint density at radius 2 is 2.20 bits per heavy atom. The van der Waals surface area contributed by atoms with Crippen molar-refractivity contribution >= 4 is 17.6 Å². The molecule has 82 valence electrons. The molecule has 0 saturated carbocycles. The van der Waals surface area contributed by atoms with E-state index in [2.05, 4.69) is 9.72 Å². The molecule has 1 rings (SSSR count). The van der Waals surface area contributed by atoms with Crippen LogP contribution in [0.1, 0.15) is 22.3 Å². The second-order valence-electron chi connectivity index (χ2n) is 2.50. The van der Waals surface area contributed by atoms with Crippen molar-refractivity contribution < 1.29 is 22.7 Å². The van der Waals surface area contributed by atoms with E-state index in [9.17, 15) is 18.0 Å². The molecule has 0 amide bonds. The van der Waals surface area contributed by atoms with Crippen LogP contribution in [-0.4, -0.2) is 18.1 Å². The lowest BCUT2D eigenvalue weighted by molar-refractivity contribution is 0.0593. The first-order valence-corrected chi connectivity index (χ1v) is 4.07. The highest BCUT2D eigenvalue weighted by atomic mass is 35.5. The maximum atomic E-state index is 13.0. The minimum Gasteiger partial charge on any atom is -0.465 e. The normalized spacial score (nSPS) is 10.5. The van der Waals surface area contributed by atoms with Gasteiger partial charge in [0.25, 0.3) is 6.43 Å². The Labute approximate surface area is 87.8 Å². The third-order valence-corrected chi connectivity index (χ3v) is 1.90. The predicted molar refractivity (Wildman–Crippen MR) is 45.5 cm³/mol. The van der Waals surface area contributed by atoms with Crippen LogP contribution in [0.4, 0.5) is 13.2 Å². The fourth-order valence-corrected chi connectivity index (χ4v) is 1.10. The van der Waals surface area contributed by atoms with Crippen molar-refractivity contribution in [3.63, 3.8) is 0 Å². The quantitative estimate of drug-likeness (QED) is 0.588. The summed E-state index contributed by atoms with van der Waals surface area (Å²) in [6.45, 7) is 0. The van der Waals surface area contributed by atoms with Crippen LogP contribution in [0.2, 0.25) is 5.15 Å². The van der Waals surface area contributed by atoms with Crippen LogP contribution in [0.25, 0.3) is 0 Å². The van der Waals surface area contributed by atoms with Gasteiger partial charge < -0.3 is 4.74 Å². The minimum atomic E-state index is -2.94. The predicted octanol–water partition coefficient (Wildman–Crippen LogP) is 2.60. The van der Waals surface area contributed by atoms with Gasteiger partial charge in [0, 0.05) is 0 Å². The highest BCUT2D eigenvalue weighted by Crippen LogP contribution is 2.27. The van der Waals surface area contributed by atoms with Gasteiger partial charge in [0.1, 0.15) is 10.7 Å². The van der Waals surface area contributed by atoms with E-state index in [0.29, 0.717) is 6.07 Å². The van der Waals surface area contributed by atoms with Gasteiger partial charge in [0.2, 0.25) is 5.95 Å². The number of hydrogen-bond acceptors (Lipinski definition) is 3. The number of carbonyl (C=O) groups is 1. The molecule has 0 unspecified atom stereocenters. The number of hydrogen-bond donors (Lipinski definition) is 0. The second-order valence-corrected chi connectivity index (χ2v) is 2.86. The molecule has 1 aromatic heterocycles. The second kappa shape index (κ2) is 4.48. The van der Waals surface area contributed by atoms with Crippen LogP contribution in [0.5, 0.6) is 0 Å². The zero-order valence-electron chi connectivity index (χ0n) is 7.43. The summed E-state index contributed by atoms with van der Waals surface area (Å²) < 4.78 is 41.8. The molecule has 0 N–H and O–H groups in total. The summed E-state index contributed by atoms with van der Waals surface area (Å²) in [5, 5.41) is -0.671. The number of methoxy groups -OCH3 is 1. The average Bonchev–Trinajstić information content (AvgIpc) is 2.16. The van der Waals surface area contributed by atoms with Gasteiger partial charge in [-0.3, -0.25) is 0 Å². The van der Waals surface area contributed by atoms with Crippen LogP contribution in [0.15, 0.2) is 6.07 Å². The number of aromatic nitrogens is 1. The van der Waals surface area contributed by atoms with E-state index in [1.54, 1.807) is 0 Å². The number of esters is 1. The smallest absolute Gasteiger partial charge is 0.342 e. The summed E-state index contributed by atoms with van der Waals surface area (Å²) in [5.74, 6) is -2.32. The highest BCUT2D eigenvalue weighted by Gasteiger charge is 2.21. The third kappa shape index (κ3) is 2.38. The standard InChI is InChI=1S/C8H5ClF3NO2/c1-15-8(14)4-2-3(6(10)11)5(9)13-7(4)12/h2,6H,1H3. The van der Waals surface area contributed by atoms with Crippen LogP contribution in [-0.2, 0) is 4.74 Å². The van der Waals surface area contributed by atoms with Crippen molar-refractivity contribution in [3.8, 4) is 0 Å². The number of nitrogens with zero attached hydrogens (tertiary/aromatic N) is 1. The molecule has 15 heavy (non-hydrogen) atoms. The average molecular weight is 240 g/mol. The van der Waals surface area contributed by atoms with Crippen molar-refractivity contribution in [1.29, 1.82) is 0 Å². The Hall–Kier alpha value is -1.30. The minimum absolute atomic E-state index is 0.626. The molecule has 0 spiro atoms. The Morgan fingerprint density at radius 3 is 2.67 bits per heavy atom. The van der Waals surface area contributed by atoms with Crippen molar-refractivity contribution in [2.24, 2.45) is 0 Å². The molecule has 7 heteroatoms. The lowest BCUT2D eigenvalue weighted by Gasteiger charge is -2.05. The zero-order valence-corrected chi connectivity index (χ0v) is 8.19. The topological polar surface area (TPSA) is 39.2 Å². The third-order valence-electron chi connectivity index (χ3n) is 1.60. The number of carbonyl (C=O) groups excluding carboxylic acids is 1. The Bertz CT molecular complexity index is 398. The molecule has 0 saturated heterocycles. The Morgan fingerprint density at radius 1 is 1.60 bits per heavy atom. The van der Waals surface area contributed by atoms with Crippen molar-refractivity contribution in [1.82, 2.24) is 4.98 Å². The number of ether oxygens (including phenoxy) is 1. The van der Waals surface area contributed by atoms with E-state index >= 15 is 0 Å². The van der Waals surface area contributed by atoms with Crippen molar-refractivity contribution in [3.05, 3.63) is 28.3 Å². The fourth-order valence-electron chi connectivity index (χ4n) is 0.892. The van der Waals surface area contributed by atoms with Gasteiger partial charge in [-0.2, -0.15) is 4.39 Å². The summed E-state index contributed by atoms with van der Waals surface area (Å²) in [6, 6.07) is 0.626.